The van der Waals surface area contributed by atoms with E-state index in [1.807, 2.05) is 4.57 Å². The van der Waals surface area contributed by atoms with Gasteiger partial charge in [-0.25, -0.2) is 23.7 Å². The summed E-state index contributed by atoms with van der Waals surface area (Å²) in [6.45, 7) is 0. The highest BCUT2D eigenvalue weighted by Gasteiger charge is 2.59. The zero-order chi connectivity index (χ0) is 23.2. The Hall–Kier alpha value is -3.81. The van der Waals surface area contributed by atoms with Crippen molar-refractivity contribution in [3.8, 4) is 6.07 Å². The molecular weight excluding hydrogens is 437 g/mol. The second kappa shape index (κ2) is 6.40. The molecule has 10 nitrogen and oxygen atoms in total. The van der Waals surface area contributed by atoms with Crippen molar-refractivity contribution in [1.82, 2.24) is 33.7 Å². The van der Waals surface area contributed by atoms with Gasteiger partial charge in [0.05, 0.1) is 35.1 Å². The summed E-state index contributed by atoms with van der Waals surface area (Å²) in [4.78, 5) is 26.5. The van der Waals surface area contributed by atoms with Crippen molar-refractivity contribution < 1.29 is 4.39 Å². The molecule has 4 aromatic rings. The Bertz CT molecular complexity index is 1580. The fraction of sp³-hybridized carbons (Fsp3) is 0.478. The lowest BCUT2D eigenvalue weighted by Crippen LogP contribution is -2.58. The smallest absolute Gasteiger partial charge is 0.320 e. The maximum absolute atomic E-state index is 14.6. The molecule has 11 heteroatoms. The van der Waals surface area contributed by atoms with Crippen LogP contribution in [0.4, 0.5) is 16.0 Å². The number of nitrogens with one attached hydrogen (secondary N) is 1. The first-order valence-electron chi connectivity index (χ1n) is 11.5. The number of rotatable bonds is 3. The molecule has 0 spiro atoms. The van der Waals surface area contributed by atoms with Gasteiger partial charge in [0.25, 0.3) is 0 Å². The molecule has 4 heterocycles. The molecule has 0 amide bonds. The molecule has 4 aliphatic rings. The Morgan fingerprint density at radius 1 is 1.24 bits per heavy atom. The van der Waals surface area contributed by atoms with Gasteiger partial charge in [-0.2, -0.15) is 15.3 Å². The van der Waals surface area contributed by atoms with Gasteiger partial charge in [-0.1, -0.05) is 0 Å². The summed E-state index contributed by atoms with van der Waals surface area (Å²) in [6, 6.07) is 3.90. The Kier molecular flexibility index (Phi) is 3.70. The minimum absolute atomic E-state index is 0.147. The summed E-state index contributed by atoms with van der Waals surface area (Å²) >= 11 is 0. The van der Waals surface area contributed by atoms with Gasteiger partial charge in [-0.3, -0.25) is 9.13 Å². The van der Waals surface area contributed by atoms with Crippen LogP contribution in [0.25, 0.3) is 16.8 Å². The summed E-state index contributed by atoms with van der Waals surface area (Å²) in [7, 11) is 1.72. The average Bonchev–Trinajstić information content (AvgIpc) is 3.35. The highest BCUT2D eigenvalue weighted by atomic mass is 19.1. The van der Waals surface area contributed by atoms with E-state index in [1.165, 1.54) is 23.1 Å². The molecule has 0 radical (unpaired) electrons. The number of nitriles is 1. The second-order valence-corrected chi connectivity index (χ2v) is 10.4. The van der Waals surface area contributed by atoms with Gasteiger partial charge >= 0.3 is 5.69 Å². The molecule has 4 aliphatic carbocycles. The third-order valence-corrected chi connectivity index (χ3v) is 8.15. The van der Waals surface area contributed by atoms with Crippen LogP contribution < -0.4 is 11.0 Å². The fourth-order valence-corrected chi connectivity index (χ4v) is 7.25. The topological polar surface area (TPSA) is 119 Å². The van der Waals surface area contributed by atoms with Crippen molar-refractivity contribution >= 4 is 28.4 Å². The molecule has 172 valence electrons. The fourth-order valence-electron chi connectivity index (χ4n) is 7.25. The van der Waals surface area contributed by atoms with E-state index >= 15 is 0 Å². The molecule has 2 atom stereocenters. The van der Waals surface area contributed by atoms with Gasteiger partial charge in [-0.15, -0.1) is 0 Å². The standard InChI is InChI=1S/C23H22FN9O/c1-31-17-8-26-20(29-16-9-32-18(3-15(16)24)27-12-28-32)30-19(17)33(21(31)34)23-6-13-2-14(7-23)5-22(4-13,10-23)11-25/h3,8-9,12-14H,2,4-7,10H2,1H3,(H,26,29,30). The van der Waals surface area contributed by atoms with Crippen LogP contribution in [0.5, 0.6) is 0 Å². The molecule has 0 saturated heterocycles. The number of hydrogen-bond donors (Lipinski definition) is 1. The SMILES string of the molecule is Cn1c(=O)n(C23CC4CC(CC(C#N)(C4)C2)C3)c2nc(Nc3cn4ncnc4cc3F)ncc21. The zero-order valence-corrected chi connectivity index (χ0v) is 18.6. The van der Waals surface area contributed by atoms with Crippen LogP contribution in [0, 0.1) is 34.4 Å². The molecule has 0 aromatic carbocycles. The van der Waals surface area contributed by atoms with Crippen LogP contribution in [0.2, 0.25) is 0 Å². The largest absolute Gasteiger partial charge is 0.330 e. The number of nitrogens with zero attached hydrogens (tertiary/aromatic N) is 8. The predicted octanol–water partition coefficient (Wildman–Crippen LogP) is 2.87. The number of aromatic nitrogens is 7. The van der Waals surface area contributed by atoms with E-state index in [0.717, 1.165) is 32.1 Å². The molecule has 4 aromatic heterocycles. The summed E-state index contributed by atoms with van der Waals surface area (Å²) in [5.41, 5.74) is 0.742. The van der Waals surface area contributed by atoms with Gasteiger partial charge < -0.3 is 5.32 Å². The lowest BCUT2D eigenvalue weighted by molar-refractivity contribution is -0.0746. The van der Waals surface area contributed by atoms with E-state index in [9.17, 15) is 14.4 Å². The Labute approximate surface area is 193 Å². The van der Waals surface area contributed by atoms with E-state index in [-0.39, 0.29) is 22.7 Å². The Morgan fingerprint density at radius 2 is 2.03 bits per heavy atom. The first-order valence-corrected chi connectivity index (χ1v) is 11.5. The molecule has 8 rings (SSSR count). The molecule has 2 unspecified atom stereocenters. The lowest BCUT2D eigenvalue weighted by Gasteiger charge is -2.59. The highest BCUT2D eigenvalue weighted by Crippen LogP contribution is 2.64. The lowest BCUT2D eigenvalue weighted by atomic mass is 9.47. The number of pyridine rings is 1. The summed E-state index contributed by atoms with van der Waals surface area (Å²) < 4.78 is 19.5. The quantitative estimate of drug-likeness (QED) is 0.500. The molecule has 4 bridgehead atoms. The van der Waals surface area contributed by atoms with E-state index in [2.05, 4.69) is 26.5 Å². The number of hydrogen-bond acceptors (Lipinski definition) is 7. The van der Waals surface area contributed by atoms with Crippen molar-refractivity contribution in [2.75, 3.05) is 5.32 Å². The van der Waals surface area contributed by atoms with Crippen molar-refractivity contribution in [3.05, 3.63) is 41.1 Å². The normalized spacial score (nSPS) is 29.7. The van der Waals surface area contributed by atoms with Gasteiger partial charge in [0.15, 0.2) is 17.1 Å². The predicted molar refractivity (Wildman–Crippen MR) is 120 cm³/mol. The molecule has 0 aliphatic heterocycles. The van der Waals surface area contributed by atoms with Crippen molar-refractivity contribution in [3.63, 3.8) is 0 Å². The van der Waals surface area contributed by atoms with Crippen molar-refractivity contribution in [2.45, 2.75) is 44.1 Å². The van der Waals surface area contributed by atoms with Crippen LogP contribution in [0.3, 0.4) is 0 Å². The third kappa shape index (κ3) is 2.56. The van der Waals surface area contributed by atoms with E-state index in [1.54, 1.807) is 17.8 Å². The van der Waals surface area contributed by atoms with Gasteiger partial charge in [0.2, 0.25) is 5.95 Å². The van der Waals surface area contributed by atoms with Gasteiger partial charge in [0, 0.05) is 13.1 Å². The van der Waals surface area contributed by atoms with Crippen LogP contribution in [-0.2, 0) is 12.6 Å². The van der Waals surface area contributed by atoms with Crippen LogP contribution in [0.1, 0.15) is 38.5 Å². The number of fused-ring (bicyclic) bond motifs is 2. The molecule has 34 heavy (non-hydrogen) atoms. The van der Waals surface area contributed by atoms with Gasteiger partial charge in [-0.05, 0) is 50.4 Å². The average molecular weight is 459 g/mol. The van der Waals surface area contributed by atoms with Crippen LogP contribution in [0.15, 0.2) is 29.6 Å². The summed E-state index contributed by atoms with van der Waals surface area (Å²) in [6.07, 6.45) is 9.85. The number of imidazole rings is 1. The second-order valence-electron chi connectivity index (χ2n) is 10.4. The molecule has 4 fully saturated rings. The number of halogens is 1. The van der Waals surface area contributed by atoms with E-state index in [4.69, 9.17) is 4.98 Å². The van der Waals surface area contributed by atoms with Crippen LogP contribution >= 0.6 is 0 Å². The van der Waals surface area contributed by atoms with Crippen molar-refractivity contribution in [1.29, 1.82) is 5.26 Å². The zero-order valence-electron chi connectivity index (χ0n) is 18.6. The first-order chi connectivity index (χ1) is 16.4. The number of anilines is 2. The number of aryl methyl sites for hydroxylation is 1. The molecule has 4 saturated carbocycles. The van der Waals surface area contributed by atoms with Crippen LogP contribution in [-0.4, -0.2) is 33.7 Å². The first kappa shape index (κ1) is 19.6. The van der Waals surface area contributed by atoms with Gasteiger partial charge in [0.1, 0.15) is 11.8 Å². The minimum Gasteiger partial charge on any atom is -0.320 e. The van der Waals surface area contributed by atoms with E-state index in [0.29, 0.717) is 35.1 Å². The van der Waals surface area contributed by atoms with E-state index < -0.39 is 11.4 Å². The summed E-state index contributed by atoms with van der Waals surface area (Å²) in [5.74, 6) is 0.577. The maximum Gasteiger partial charge on any atom is 0.330 e. The molecular formula is C23H22FN9O. The Balaban J connectivity index is 1.36. The monoisotopic (exact) mass is 459 g/mol. The molecule has 1 N–H and O–H groups in total. The van der Waals surface area contributed by atoms with Crippen molar-refractivity contribution in [2.24, 2.45) is 24.3 Å². The summed E-state index contributed by atoms with van der Waals surface area (Å²) in [5, 5.41) is 17.0. The third-order valence-electron chi connectivity index (χ3n) is 8.15. The Morgan fingerprint density at radius 3 is 2.79 bits per heavy atom. The maximum atomic E-state index is 14.6. The minimum atomic E-state index is -0.508. The highest BCUT2D eigenvalue weighted by molar-refractivity contribution is 5.73.